The molecule has 2 atom stereocenters. The first kappa shape index (κ1) is 9.84. The normalized spacial score (nSPS) is 16.8. The maximum absolute atomic E-state index is 8.71. The highest BCUT2D eigenvalue weighted by atomic mass is 16.5. The molecule has 0 saturated heterocycles. The Hall–Kier alpha value is -0.160. The van der Waals surface area contributed by atoms with Crippen LogP contribution in [0, 0.1) is 0 Å². The molecule has 4 N–H and O–H groups in total. The van der Waals surface area contributed by atoms with Crippen LogP contribution < -0.4 is 5.73 Å². The van der Waals surface area contributed by atoms with Crippen LogP contribution in [0.4, 0.5) is 0 Å². The van der Waals surface area contributed by atoms with Crippen molar-refractivity contribution in [3.63, 3.8) is 0 Å². The molecule has 4 heteroatoms. The number of rotatable bonds is 5. The third kappa shape index (κ3) is 5.97. The van der Waals surface area contributed by atoms with E-state index in [1.807, 2.05) is 0 Å². The van der Waals surface area contributed by atoms with Gasteiger partial charge >= 0.3 is 0 Å². The van der Waals surface area contributed by atoms with Crippen LogP contribution >= 0.6 is 0 Å². The Kier molecular flexibility index (Phi) is 5.52. The summed E-state index contributed by atoms with van der Waals surface area (Å²) >= 11 is 0. The summed E-state index contributed by atoms with van der Waals surface area (Å²) in [6.45, 7) is 2.11. The quantitative estimate of drug-likeness (QED) is 0.454. The van der Waals surface area contributed by atoms with E-state index in [9.17, 15) is 0 Å². The summed E-state index contributed by atoms with van der Waals surface area (Å²) in [6, 6.07) is -0.334. The molecule has 0 rings (SSSR count). The molecule has 0 saturated carbocycles. The number of ether oxygens (including phenoxy) is 1. The Balaban J connectivity index is 3.03. The van der Waals surface area contributed by atoms with Crippen LogP contribution in [0.15, 0.2) is 0 Å². The average molecular weight is 149 g/mol. The summed E-state index contributed by atoms with van der Waals surface area (Å²) in [4.78, 5) is 0. The maximum atomic E-state index is 8.71. The van der Waals surface area contributed by atoms with Crippen LogP contribution in [0.1, 0.15) is 6.92 Å². The van der Waals surface area contributed by atoms with Gasteiger partial charge in [-0.05, 0) is 6.92 Å². The van der Waals surface area contributed by atoms with Gasteiger partial charge in [0.1, 0.15) is 0 Å². The lowest BCUT2D eigenvalue weighted by Gasteiger charge is -2.09. The Morgan fingerprint density at radius 1 is 1.50 bits per heavy atom. The van der Waals surface area contributed by atoms with Gasteiger partial charge in [-0.1, -0.05) is 0 Å². The van der Waals surface area contributed by atoms with E-state index in [2.05, 4.69) is 0 Å². The summed E-state index contributed by atoms with van der Waals surface area (Å²) in [6.07, 6.45) is -0.467. The molecule has 0 aromatic rings. The van der Waals surface area contributed by atoms with Crippen LogP contribution in [0.25, 0.3) is 0 Å². The first-order valence-electron chi connectivity index (χ1n) is 3.29. The van der Waals surface area contributed by atoms with E-state index in [1.54, 1.807) is 6.92 Å². The van der Waals surface area contributed by atoms with Crippen molar-refractivity contribution < 1.29 is 14.9 Å². The van der Waals surface area contributed by atoms with Crippen molar-refractivity contribution in [1.29, 1.82) is 0 Å². The highest BCUT2D eigenvalue weighted by Gasteiger charge is 2.00. The SMILES string of the molecule is CC(O)COCC(N)CO. The van der Waals surface area contributed by atoms with Crippen LogP contribution in [-0.2, 0) is 4.74 Å². The van der Waals surface area contributed by atoms with Crippen molar-refractivity contribution in [3.8, 4) is 0 Å². The minimum Gasteiger partial charge on any atom is -0.395 e. The molecule has 0 heterocycles. The fourth-order valence-electron chi connectivity index (χ4n) is 0.443. The molecule has 0 amide bonds. The lowest BCUT2D eigenvalue weighted by molar-refractivity contribution is 0.0333. The number of hydrogen-bond donors (Lipinski definition) is 3. The molecule has 62 valence electrons. The zero-order chi connectivity index (χ0) is 7.98. The number of aliphatic hydroxyl groups excluding tert-OH is 2. The van der Waals surface area contributed by atoms with Gasteiger partial charge in [0.15, 0.2) is 0 Å². The summed E-state index contributed by atoms with van der Waals surface area (Å²) < 4.78 is 4.91. The monoisotopic (exact) mass is 149 g/mol. The van der Waals surface area contributed by atoms with Crippen molar-refractivity contribution >= 4 is 0 Å². The molecule has 0 spiro atoms. The second kappa shape index (κ2) is 5.61. The van der Waals surface area contributed by atoms with Crippen molar-refractivity contribution in [2.75, 3.05) is 19.8 Å². The second-order valence-electron chi connectivity index (χ2n) is 2.33. The van der Waals surface area contributed by atoms with Crippen molar-refractivity contribution in [1.82, 2.24) is 0 Å². The van der Waals surface area contributed by atoms with Crippen LogP contribution in [-0.4, -0.2) is 42.2 Å². The maximum Gasteiger partial charge on any atom is 0.0745 e. The second-order valence-corrected chi connectivity index (χ2v) is 2.33. The number of nitrogens with two attached hydrogens (primary N) is 1. The predicted molar refractivity (Wildman–Crippen MR) is 37.6 cm³/mol. The highest BCUT2D eigenvalue weighted by molar-refractivity contribution is 4.56. The Labute approximate surface area is 60.6 Å². The van der Waals surface area contributed by atoms with Gasteiger partial charge in [0, 0.05) is 0 Å². The van der Waals surface area contributed by atoms with E-state index in [0.29, 0.717) is 6.61 Å². The Bertz CT molecular complexity index is 77.4. The molecule has 0 bridgehead atoms. The van der Waals surface area contributed by atoms with E-state index in [-0.39, 0.29) is 19.3 Å². The number of aliphatic hydroxyl groups is 2. The molecule has 2 unspecified atom stereocenters. The zero-order valence-corrected chi connectivity index (χ0v) is 6.16. The first-order valence-corrected chi connectivity index (χ1v) is 3.29. The standard InChI is InChI=1S/C6H15NO3/c1-5(9)3-10-4-6(7)2-8/h5-6,8-9H,2-4,7H2,1H3. The minimum atomic E-state index is -0.467. The fourth-order valence-corrected chi connectivity index (χ4v) is 0.443. The molecule has 4 nitrogen and oxygen atoms in total. The van der Waals surface area contributed by atoms with Crippen molar-refractivity contribution in [2.24, 2.45) is 5.73 Å². The predicted octanol–water partition coefficient (Wildman–Crippen LogP) is -1.30. The molecule has 0 radical (unpaired) electrons. The largest absolute Gasteiger partial charge is 0.395 e. The third-order valence-electron chi connectivity index (χ3n) is 0.925. The average Bonchev–Trinajstić information content (AvgIpc) is 1.87. The van der Waals surface area contributed by atoms with Gasteiger partial charge in [-0.2, -0.15) is 0 Å². The van der Waals surface area contributed by atoms with E-state index < -0.39 is 6.10 Å². The minimum absolute atomic E-state index is 0.0835. The number of hydrogen-bond acceptors (Lipinski definition) is 4. The van der Waals surface area contributed by atoms with Crippen molar-refractivity contribution in [3.05, 3.63) is 0 Å². The fraction of sp³-hybridized carbons (Fsp3) is 1.00. The molecular formula is C6H15NO3. The molecule has 0 aromatic heterocycles. The van der Waals surface area contributed by atoms with Crippen molar-refractivity contribution in [2.45, 2.75) is 19.1 Å². The molecule has 0 aliphatic carbocycles. The molecule has 0 aliphatic heterocycles. The topological polar surface area (TPSA) is 75.7 Å². The van der Waals surface area contributed by atoms with E-state index in [4.69, 9.17) is 20.7 Å². The smallest absolute Gasteiger partial charge is 0.0745 e. The van der Waals surface area contributed by atoms with E-state index in [0.717, 1.165) is 0 Å². The van der Waals surface area contributed by atoms with Gasteiger partial charge in [-0.15, -0.1) is 0 Å². The molecule has 0 aliphatic rings. The summed E-state index contributed by atoms with van der Waals surface area (Å²) in [5.41, 5.74) is 5.30. The van der Waals surface area contributed by atoms with Gasteiger partial charge in [-0.3, -0.25) is 0 Å². The molecular weight excluding hydrogens is 134 g/mol. The van der Waals surface area contributed by atoms with E-state index >= 15 is 0 Å². The van der Waals surface area contributed by atoms with Crippen LogP contribution in [0.2, 0.25) is 0 Å². The lowest BCUT2D eigenvalue weighted by Crippen LogP contribution is -2.31. The molecule has 0 aromatic carbocycles. The first-order chi connectivity index (χ1) is 4.66. The summed E-state index contributed by atoms with van der Waals surface area (Å²) in [7, 11) is 0. The molecule has 0 fully saturated rings. The highest BCUT2D eigenvalue weighted by Crippen LogP contribution is 1.84. The summed E-state index contributed by atoms with van der Waals surface area (Å²) in [5.74, 6) is 0. The molecule has 10 heavy (non-hydrogen) atoms. The van der Waals surface area contributed by atoms with Crippen LogP contribution in [0.5, 0.6) is 0 Å². The van der Waals surface area contributed by atoms with Gasteiger partial charge in [0.2, 0.25) is 0 Å². The van der Waals surface area contributed by atoms with E-state index in [1.165, 1.54) is 0 Å². The lowest BCUT2D eigenvalue weighted by atomic mass is 10.3. The Morgan fingerprint density at radius 3 is 2.50 bits per heavy atom. The van der Waals surface area contributed by atoms with Crippen LogP contribution in [0.3, 0.4) is 0 Å². The third-order valence-corrected chi connectivity index (χ3v) is 0.925. The Morgan fingerprint density at radius 2 is 2.10 bits per heavy atom. The van der Waals surface area contributed by atoms with Gasteiger partial charge in [0.25, 0.3) is 0 Å². The zero-order valence-electron chi connectivity index (χ0n) is 6.16. The summed E-state index contributed by atoms with van der Waals surface area (Å²) in [5, 5.41) is 17.1. The van der Waals surface area contributed by atoms with Gasteiger partial charge in [0.05, 0.1) is 32.0 Å². The van der Waals surface area contributed by atoms with Gasteiger partial charge in [-0.25, -0.2) is 0 Å². The van der Waals surface area contributed by atoms with Gasteiger partial charge < -0.3 is 20.7 Å².